The van der Waals surface area contributed by atoms with Gasteiger partial charge in [0.15, 0.2) is 0 Å². The molecule has 5 heteroatoms. The molecule has 1 rings (SSSR count). The summed E-state index contributed by atoms with van der Waals surface area (Å²) in [5.74, 6) is -1.36. The quantitative estimate of drug-likeness (QED) is 0.435. The van der Waals surface area contributed by atoms with Crippen LogP contribution in [0.5, 0.6) is 0 Å². The zero-order valence-electron chi connectivity index (χ0n) is 6.61. The van der Waals surface area contributed by atoms with E-state index in [1.54, 1.807) is 12.5 Å². The molecule has 0 aliphatic heterocycles. The molecule has 0 unspecified atom stereocenters. The highest BCUT2D eigenvalue weighted by molar-refractivity contribution is 6.33. The third-order valence-electron chi connectivity index (χ3n) is 0.853. The summed E-state index contributed by atoms with van der Waals surface area (Å²) < 4.78 is 8.70. The van der Waals surface area contributed by atoms with Crippen LogP contribution in [-0.4, -0.2) is 18.9 Å². The zero-order chi connectivity index (χ0) is 9.40. The van der Waals surface area contributed by atoms with Crippen molar-refractivity contribution in [2.24, 2.45) is 5.73 Å². The molecule has 1 aromatic rings. The highest BCUT2D eigenvalue weighted by atomic mass is 16.5. The minimum absolute atomic E-state index is 0.514. The molecule has 0 bridgehead atoms. The summed E-state index contributed by atoms with van der Waals surface area (Å²) in [7, 11) is 1.22. The summed E-state index contributed by atoms with van der Waals surface area (Å²) in [4.78, 5) is 9.80. The number of carbonyl (C=O) groups is 1. The van der Waals surface area contributed by atoms with Crippen LogP contribution in [0.4, 0.5) is 0 Å². The Hall–Kier alpha value is -1.78. The van der Waals surface area contributed by atoms with Crippen molar-refractivity contribution in [2.45, 2.75) is 0 Å². The lowest BCUT2D eigenvalue weighted by Gasteiger charge is -1.91. The topological polar surface area (TPSA) is 89.3 Å². The number of nitrogens with two attached hydrogens (primary N) is 1. The first kappa shape index (κ1) is 10.2. The van der Waals surface area contributed by atoms with Gasteiger partial charge in [-0.1, -0.05) is 0 Å². The fraction of sp³-hybridized carbons (Fsp3) is 0.143. The predicted molar refractivity (Wildman–Crippen MR) is 42.6 cm³/mol. The van der Waals surface area contributed by atoms with Crippen molar-refractivity contribution < 1.29 is 13.9 Å². The summed E-state index contributed by atoms with van der Waals surface area (Å²) in [5, 5.41) is 6.50. The average molecular weight is 170 g/mol. The number of rotatable bonds is 0. The van der Waals surface area contributed by atoms with Crippen LogP contribution in [0.25, 0.3) is 0 Å². The molecular formula is C7H10N2O3. The van der Waals surface area contributed by atoms with Gasteiger partial charge in [-0.3, -0.25) is 10.2 Å². The van der Waals surface area contributed by atoms with Gasteiger partial charge in [0, 0.05) is 0 Å². The molecule has 1 amide bonds. The number of ether oxygens (including phenoxy) is 1. The van der Waals surface area contributed by atoms with Crippen LogP contribution in [0.3, 0.4) is 0 Å². The average Bonchev–Trinajstić information content (AvgIpc) is 2.59. The van der Waals surface area contributed by atoms with Gasteiger partial charge < -0.3 is 14.9 Å². The van der Waals surface area contributed by atoms with E-state index in [-0.39, 0.29) is 0 Å². The molecule has 0 spiro atoms. The first-order chi connectivity index (χ1) is 5.68. The molecule has 1 aromatic heterocycles. The molecular weight excluding hydrogens is 160 g/mol. The number of furan rings is 1. The van der Waals surface area contributed by atoms with E-state index in [4.69, 9.17) is 5.41 Å². The van der Waals surface area contributed by atoms with E-state index in [1.165, 1.54) is 7.11 Å². The summed E-state index contributed by atoms with van der Waals surface area (Å²) >= 11 is 0. The lowest BCUT2D eigenvalue weighted by molar-refractivity contribution is -0.113. The monoisotopic (exact) mass is 170 g/mol. The van der Waals surface area contributed by atoms with Gasteiger partial charge in [-0.15, -0.1) is 0 Å². The van der Waals surface area contributed by atoms with Crippen LogP contribution in [0.15, 0.2) is 29.1 Å². The van der Waals surface area contributed by atoms with Gasteiger partial charge in [-0.05, 0) is 12.1 Å². The Morgan fingerprint density at radius 1 is 1.50 bits per heavy atom. The van der Waals surface area contributed by atoms with Crippen molar-refractivity contribution in [1.29, 1.82) is 5.41 Å². The van der Waals surface area contributed by atoms with E-state index in [0.29, 0.717) is 0 Å². The van der Waals surface area contributed by atoms with Crippen molar-refractivity contribution in [1.82, 2.24) is 0 Å². The molecule has 0 atom stereocenters. The first-order valence-electron chi connectivity index (χ1n) is 3.08. The number of methoxy groups -OCH3 is 1. The molecule has 0 fully saturated rings. The third-order valence-corrected chi connectivity index (χ3v) is 0.853. The summed E-state index contributed by atoms with van der Waals surface area (Å²) in [6.45, 7) is 0. The van der Waals surface area contributed by atoms with Gasteiger partial charge in [0.1, 0.15) is 0 Å². The molecule has 66 valence electrons. The maximum absolute atomic E-state index is 9.80. The minimum atomic E-state index is -0.845. The van der Waals surface area contributed by atoms with E-state index in [9.17, 15) is 4.79 Å². The Balaban J connectivity index is 0.000000211. The Kier molecular flexibility index (Phi) is 5.08. The number of nitrogens with one attached hydrogen (secondary N) is 1. The summed E-state index contributed by atoms with van der Waals surface area (Å²) in [5.41, 5.74) is 4.56. The van der Waals surface area contributed by atoms with E-state index in [0.717, 1.165) is 0 Å². The number of hydrogen-bond donors (Lipinski definition) is 2. The molecule has 3 N–H and O–H groups in total. The molecule has 0 radical (unpaired) electrons. The van der Waals surface area contributed by atoms with Crippen LogP contribution in [0.1, 0.15) is 0 Å². The number of amides is 1. The molecule has 0 aromatic carbocycles. The maximum Gasteiger partial charge on any atom is 0.303 e. The highest BCUT2D eigenvalue weighted by Crippen LogP contribution is 1.79. The molecule has 0 saturated carbocycles. The largest absolute Gasteiger partial charge is 0.478 e. The molecule has 12 heavy (non-hydrogen) atoms. The van der Waals surface area contributed by atoms with Crippen LogP contribution in [0, 0.1) is 5.41 Å². The SMILES string of the molecule is COC(=N)C(N)=O.c1ccoc1. The molecule has 5 nitrogen and oxygen atoms in total. The van der Waals surface area contributed by atoms with E-state index >= 15 is 0 Å². The Bertz CT molecular complexity index is 214. The lowest BCUT2D eigenvalue weighted by atomic mass is 10.6. The van der Waals surface area contributed by atoms with Crippen molar-refractivity contribution in [3.63, 3.8) is 0 Å². The number of carbonyl (C=O) groups excluding carboxylic acids is 1. The van der Waals surface area contributed by atoms with Crippen molar-refractivity contribution in [3.05, 3.63) is 24.7 Å². The van der Waals surface area contributed by atoms with Crippen LogP contribution in [0.2, 0.25) is 0 Å². The Morgan fingerprint density at radius 3 is 2.08 bits per heavy atom. The predicted octanol–water partition coefficient (Wildman–Crippen LogP) is 0.375. The fourth-order valence-corrected chi connectivity index (χ4v) is 0.327. The van der Waals surface area contributed by atoms with Crippen molar-refractivity contribution >= 4 is 11.8 Å². The molecule has 1 heterocycles. The van der Waals surface area contributed by atoms with Crippen LogP contribution >= 0.6 is 0 Å². The second-order valence-corrected chi connectivity index (χ2v) is 1.69. The number of hydrogen-bond acceptors (Lipinski definition) is 4. The smallest absolute Gasteiger partial charge is 0.303 e. The highest BCUT2D eigenvalue weighted by Gasteiger charge is 1.98. The summed E-state index contributed by atoms with van der Waals surface area (Å²) in [6, 6.07) is 3.67. The third kappa shape index (κ3) is 5.04. The van der Waals surface area contributed by atoms with Gasteiger partial charge in [-0.25, -0.2) is 0 Å². The van der Waals surface area contributed by atoms with Gasteiger partial charge in [0.05, 0.1) is 19.6 Å². The van der Waals surface area contributed by atoms with Crippen LogP contribution < -0.4 is 5.73 Å². The van der Waals surface area contributed by atoms with Gasteiger partial charge >= 0.3 is 5.91 Å². The Labute approximate surface area is 69.6 Å². The van der Waals surface area contributed by atoms with Crippen LogP contribution in [-0.2, 0) is 9.53 Å². The molecule has 0 aliphatic carbocycles. The normalized spacial score (nSPS) is 7.75. The van der Waals surface area contributed by atoms with E-state index in [2.05, 4.69) is 14.9 Å². The maximum atomic E-state index is 9.80. The van der Waals surface area contributed by atoms with Crippen molar-refractivity contribution in [2.75, 3.05) is 7.11 Å². The molecule has 0 saturated heterocycles. The Morgan fingerprint density at radius 2 is 2.00 bits per heavy atom. The van der Waals surface area contributed by atoms with Crippen molar-refractivity contribution in [3.8, 4) is 0 Å². The number of primary amides is 1. The zero-order valence-corrected chi connectivity index (χ0v) is 6.61. The van der Waals surface area contributed by atoms with Gasteiger partial charge in [0.2, 0.25) is 0 Å². The van der Waals surface area contributed by atoms with E-state index < -0.39 is 11.8 Å². The van der Waals surface area contributed by atoms with Gasteiger partial charge in [-0.2, -0.15) is 0 Å². The second-order valence-electron chi connectivity index (χ2n) is 1.69. The van der Waals surface area contributed by atoms with E-state index in [1.807, 2.05) is 12.1 Å². The fourth-order valence-electron chi connectivity index (χ4n) is 0.327. The standard InChI is InChI=1S/C4H4O.C3H6N2O2/c1-2-4-5-3-1;1-7-3(5)2(4)6/h1-4H;5H,1H3,(H2,4,6). The van der Waals surface area contributed by atoms with Gasteiger partial charge in [0.25, 0.3) is 5.90 Å². The summed E-state index contributed by atoms with van der Waals surface area (Å²) in [6.07, 6.45) is 3.25. The second kappa shape index (κ2) is 5.96. The lowest BCUT2D eigenvalue weighted by Crippen LogP contribution is -2.23. The molecule has 0 aliphatic rings. The minimum Gasteiger partial charge on any atom is -0.478 e. The first-order valence-corrected chi connectivity index (χ1v) is 3.08.